The molecule has 11 heteroatoms. The van der Waals surface area contributed by atoms with E-state index in [2.05, 4.69) is 29.5 Å². The number of rotatable bonds is 8. The standard InChI is InChI=1S/C28H35N7O3S/c1-4-26(36)35-15-14-33(16-21(35)11-12-29)27-23-17-34(39(37)25-10-6-5-8-20(25)2)18-24(23)30-28(31-27)38-19-22-9-7-13-32(22)3/h4-6,8,10,21-22H,1,7,9,11,13-19H2,2-3H3/t21-,22-,39?/m0/s1. The van der Waals surface area contributed by atoms with Crippen molar-refractivity contribution in [3.05, 3.63) is 53.7 Å². The van der Waals surface area contributed by atoms with E-state index < -0.39 is 11.0 Å². The predicted octanol–water partition coefficient (Wildman–Crippen LogP) is 2.41. The topological polar surface area (TPSA) is 106 Å². The lowest BCUT2D eigenvalue weighted by atomic mass is 10.1. The maximum Gasteiger partial charge on any atom is 0.318 e. The van der Waals surface area contributed by atoms with Gasteiger partial charge in [-0.1, -0.05) is 24.8 Å². The predicted molar refractivity (Wildman–Crippen MR) is 148 cm³/mol. The lowest BCUT2D eigenvalue weighted by Crippen LogP contribution is -2.55. The summed E-state index contributed by atoms with van der Waals surface area (Å²) < 4.78 is 21.6. The van der Waals surface area contributed by atoms with Gasteiger partial charge in [-0.05, 0) is 51.1 Å². The molecule has 39 heavy (non-hydrogen) atoms. The molecule has 1 aromatic heterocycles. The molecule has 3 atom stereocenters. The van der Waals surface area contributed by atoms with Gasteiger partial charge in [0.15, 0.2) is 0 Å². The molecule has 0 radical (unpaired) electrons. The van der Waals surface area contributed by atoms with E-state index in [4.69, 9.17) is 14.7 Å². The third kappa shape index (κ3) is 5.69. The molecule has 10 nitrogen and oxygen atoms in total. The minimum Gasteiger partial charge on any atom is -0.462 e. The second kappa shape index (κ2) is 11.8. The first-order valence-electron chi connectivity index (χ1n) is 13.4. The third-order valence-corrected chi connectivity index (χ3v) is 9.43. The summed E-state index contributed by atoms with van der Waals surface area (Å²) in [6.07, 6.45) is 3.73. The number of nitrogens with zero attached hydrogens (tertiary/aromatic N) is 7. The van der Waals surface area contributed by atoms with Crippen molar-refractivity contribution in [2.24, 2.45) is 0 Å². The number of likely N-dealkylation sites (tertiary alicyclic amines) is 1. The van der Waals surface area contributed by atoms with E-state index >= 15 is 0 Å². The summed E-state index contributed by atoms with van der Waals surface area (Å²) in [5.41, 5.74) is 2.70. The number of hydrogen-bond donors (Lipinski definition) is 0. The van der Waals surface area contributed by atoms with Crippen LogP contribution in [-0.4, -0.2) is 86.1 Å². The summed E-state index contributed by atoms with van der Waals surface area (Å²) in [6.45, 7) is 9.47. The molecule has 1 aromatic carbocycles. The molecule has 3 aliphatic rings. The number of benzene rings is 1. The molecule has 2 fully saturated rings. The minimum absolute atomic E-state index is 0.174. The Morgan fingerprint density at radius 2 is 2.05 bits per heavy atom. The Hall–Kier alpha value is -3.33. The van der Waals surface area contributed by atoms with Gasteiger partial charge in [-0.3, -0.25) is 4.79 Å². The van der Waals surface area contributed by atoms with Crippen LogP contribution < -0.4 is 9.64 Å². The van der Waals surface area contributed by atoms with Crippen molar-refractivity contribution in [2.75, 3.05) is 44.7 Å². The van der Waals surface area contributed by atoms with Crippen LogP contribution in [0.5, 0.6) is 6.01 Å². The number of hydrogen-bond acceptors (Lipinski definition) is 8. The van der Waals surface area contributed by atoms with Gasteiger partial charge in [0.2, 0.25) is 5.91 Å². The third-order valence-electron chi connectivity index (χ3n) is 7.87. The zero-order valence-corrected chi connectivity index (χ0v) is 23.4. The molecular formula is C28H35N7O3S. The normalized spacial score (nSPS) is 22.4. The number of amides is 1. The number of nitriles is 1. The van der Waals surface area contributed by atoms with E-state index in [0.29, 0.717) is 51.4 Å². The first-order chi connectivity index (χ1) is 18.9. The van der Waals surface area contributed by atoms with Crippen molar-refractivity contribution in [1.82, 2.24) is 24.1 Å². The van der Waals surface area contributed by atoms with E-state index in [1.165, 1.54) is 6.08 Å². The summed E-state index contributed by atoms with van der Waals surface area (Å²) in [6, 6.07) is 10.3. The maximum absolute atomic E-state index is 13.6. The number of fused-ring (bicyclic) bond motifs is 1. The van der Waals surface area contributed by atoms with Crippen molar-refractivity contribution < 1.29 is 13.7 Å². The average molecular weight is 550 g/mol. The molecule has 0 N–H and O–H groups in total. The second-order valence-electron chi connectivity index (χ2n) is 10.4. The molecule has 2 aromatic rings. The minimum atomic E-state index is -1.36. The molecule has 0 spiro atoms. The van der Waals surface area contributed by atoms with Crippen molar-refractivity contribution in [3.63, 3.8) is 0 Å². The van der Waals surface area contributed by atoms with Gasteiger partial charge in [0.25, 0.3) is 0 Å². The zero-order chi connectivity index (χ0) is 27.5. The number of carbonyl (C=O) groups is 1. The first kappa shape index (κ1) is 27.2. The van der Waals surface area contributed by atoms with Gasteiger partial charge in [-0.15, -0.1) is 0 Å². The van der Waals surface area contributed by atoms with Crippen LogP contribution in [0.4, 0.5) is 5.82 Å². The monoisotopic (exact) mass is 549 g/mol. The SMILES string of the molecule is C=CC(=O)N1CCN(c2nc(OC[C@@H]3CCCN3C)nc3c2CN(S(=O)c2ccccc2C)C3)C[C@@H]1CC#N. The van der Waals surface area contributed by atoms with Crippen LogP contribution in [0.25, 0.3) is 0 Å². The maximum atomic E-state index is 13.6. The van der Waals surface area contributed by atoms with Gasteiger partial charge in [0.1, 0.15) is 23.4 Å². The average Bonchev–Trinajstić information content (AvgIpc) is 3.57. The quantitative estimate of drug-likeness (QED) is 0.463. The molecule has 2 saturated heterocycles. The molecule has 1 unspecified atom stereocenters. The van der Waals surface area contributed by atoms with Gasteiger partial charge < -0.3 is 19.4 Å². The van der Waals surface area contributed by atoms with Gasteiger partial charge in [0, 0.05) is 37.8 Å². The molecule has 0 aliphatic carbocycles. The van der Waals surface area contributed by atoms with Crippen LogP contribution in [0.3, 0.4) is 0 Å². The fraction of sp³-hybridized carbons (Fsp3) is 0.500. The Bertz CT molecular complexity index is 1310. The van der Waals surface area contributed by atoms with Crippen molar-refractivity contribution in [2.45, 2.75) is 56.3 Å². The van der Waals surface area contributed by atoms with Crippen LogP contribution in [-0.2, 0) is 28.9 Å². The molecule has 0 saturated carbocycles. The highest BCUT2D eigenvalue weighted by molar-refractivity contribution is 7.82. The van der Waals surface area contributed by atoms with E-state index in [-0.39, 0.29) is 18.4 Å². The number of aromatic nitrogens is 2. The Morgan fingerprint density at radius 1 is 1.23 bits per heavy atom. The van der Waals surface area contributed by atoms with Gasteiger partial charge in [-0.2, -0.15) is 15.2 Å². The fourth-order valence-corrected chi connectivity index (χ4v) is 6.92. The smallest absolute Gasteiger partial charge is 0.318 e. The van der Waals surface area contributed by atoms with E-state index in [1.54, 1.807) is 4.90 Å². The largest absolute Gasteiger partial charge is 0.462 e. The van der Waals surface area contributed by atoms with Gasteiger partial charge >= 0.3 is 6.01 Å². The van der Waals surface area contributed by atoms with Crippen LogP contribution >= 0.6 is 0 Å². The molecular weight excluding hydrogens is 514 g/mol. The summed E-state index contributed by atoms with van der Waals surface area (Å²) in [7, 11) is 0.748. The van der Waals surface area contributed by atoms with Crippen molar-refractivity contribution in [3.8, 4) is 12.1 Å². The summed E-state index contributed by atoms with van der Waals surface area (Å²) in [5.74, 6) is 0.556. The number of anilines is 1. The Balaban J connectivity index is 1.44. The Labute approximate surface area is 232 Å². The second-order valence-corrected chi connectivity index (χ2v) is 11.8. The lowest BCUT2D eigenvalue weighted by molar-refractivity contribution is -0.128. The number of ether oxygens (including phenoxy) is 1. The fourth-order valence-electron chi connectivity index (χ4n) is 5.62. The summed E-state index contributed by atoms with van der Waals surface area (Å²) >= 11 is 0. The van der Waals surface area contributed by atoms with Crippen LogP contribution in [0.2, 0.25) is 0 Å². The van der Waals surface area contributed by atoms with Gasteiger partial charge in [-0.25, -0.2) is 8.51 Å². The molecule has 3 aliphatic heterocycles. The highest BCUT2D eigenvalue weighted by Crippen LogP contribution is 2.35. The highest BCUT2D eigenvalue weighted by Gasteiger charge is 2.36. The van der Waals surface area contributed by atoms with Crippen LogP contribution in [0.15, 0.2) is 41.8 Å². The molecule has 1 amide bonds. The molecule has 4 heterocycles. The first-order valence-corrected chi connectivity index (χ1v) is 14.5. The number of aryl methyl sites for hydroxylation is 1. The molecule has 206 valence electrons. The summed E-state index contributed by atoms with van der Waals surface area (Å²) in [5, 5.41) is 9.45. The molecule has 5 rings (SSSR count). The van der Waals surface area contributed by atoms with Crippen molar-refractivity contribution >= 4 is 22.7 Å². The number of piperazine rings is 1. The lowest BCUT2D eigenvalue weighted by Gasteiger charge is -2.41. The van der Waals surface area contributed by atoms with E-state index in [0.717, 1.165) is 46.9 Å². The Morgan fingerprint density at radius 3 is 2.77 bits per heavy atom. The van der Waals surface area contributed by atoms with E-state index in [9.17, 15) is 14.3 Å². The number of likely N-dealkylation sites (N-methyl/N-ethyl adjacent to an activating group) is 1. The van der Waals surface area contributed by atoms with E-state index in [1.807, 2.05) is 35.5 Å². The zero-order valence-electron chi connectivity index (χ0n) is 22.6. The molecule has 0 bridgehead atoms. The summed E-state index contributed by atoms with van der Waals surface area (Å²) in [4.78, 5) is 29.0. The van der Waals surface area contributed by atoms with Crippen LogP contribution in [0, 0.1) is 18.3 Å². The van der Waals surface area contributed by atoms with Gasteiger partial charge in [0.05, 0.1) is 35.7 Å². The number of carbonyl (C=O) groups excluding carboxylic acids is 1. The Kier molecular flexibility index (Phi) is 8.26. The van der Waals surface area contributed by atoms with Crippen LogP contribution in [0.1, 0.15) is 36.1 Å². The highest BCUT2D eigenvalue weighted by atomic mass is 32.2. The van der Waals surface area contributed by atoms with Crippen molar-refractivity contribution in [1.29, 1.82) is 5.26 Å².